The third-order valence-electron chi connectivity index (χ3n) is 2.57. The molecule has 0 spiro atoms. The molecule has 0 saturated heterocycles. The van der Waals surface area contributed by atoms with Gasteiger partial charge < -0.3 is 5.73 Å². The molecule has 1 atom stereocenters. The normalized spacial score (nSPS) is 12.6. The van der Waals surface area contributed by atoms with Crippen molar-refractivity contribution >= 4 is 10.9 Å². The lowest BCUT2D eigenvalue weighted by atomic mass is 10.1. The molecule has 0 saturated carbocycles. The molecular formula is C14H16N2. The quantitative estimate of drug-likeness (QED) is 0.793. The van der Waals surface area contributed by atoms with Gasteiger partial charge in [0.25, 0.3) is 0 Å². The monoisotopic (exact) mass is 212 g/mol. The van der Waals surface area contributed by atoms with Crippen LogP contribution >= 0.6 is 0 Å². The van der Waals surface area contributed by atoms with Crippen LogP contribution in [-0.4, -0.2) is 4.98 Å². The first kappa shape index (κ1) is 10.8. The minimum absolute atomic E-state index is 0.0536. The van der Waals surface area contributed by atoms with Crippen LogP contribution in [0.1, 0.15) is 25.1 Å². The van der Waals surface area contributed by atoms with Crippen molar-refractivity contribution < 1.29 is 0 Å². The van der Waals surface area contributed by atoms with E-state index in [0.29, 0.717) is 0 Å². The number of para-hydroxylation sites is 1. The van der Waals surface area contributed by atoms with Gasteiger partial charge in [-0.15, -0.1) is 6.58 Å². The summed E-state index contributed by atoms with van der Waals surface area (Å²) in [6.07, 6.45) is 0.783. The van der Waals surface area contributed by atoms with Gasteiger partial charge in [-0.05, 0) is 25.5 Å². The Morgan fingerprint density at radius 1 is 1.31 bits per heavy atom. The van der Waals surface area contributed by atoms with Crippen LogP contribution in [-0.2, 0) is 0 Å². The van der Waals surface area contributed by atoms with Crippen molar-refractivity contribution in [3.63, 3.8) is 0 Å². The summed E-state index contributed by atoms with van der Waals surface area (Å²) in [6, 6.07) is 12.1. The van der Waals surface area contributed by atoms with E-state index in [9.17, 15) is 0 Å². The van der Waals surface area contributed by atoms with E-state index in [1.54, 1.807) is 0 Å². The van der Waals surface area contributed by atoms with Crippen molar-refractivity contribution in [3.05, 3.63) is 54.2 Å². The summed E-state index contributed by atoms with van der Waals surface area (Å²) in [7, 11) is 0. The van der Waals surface area contributed by atoms with Crippen LogP contribution in [0.25, 0.3) is 10.9 Å². The van der Waals surface area contributed by atoms with E-state index in [4.69, 9.17) is 5.73 Å². The van der Waals surface area contributed by atoms with Crippen molar-refractivity contribution in [3.8, 4) is 0 Å². The molecule has 2 rings (SSSR count). The molecule has 16 heavy (non-hydrogen) atoms. The largest absolute Gasteiger partial charge is 0.322 e. The van der Waals surface area contributed by atoms with Crippen molar-refractivity contribution in [2.75, 3.05) is 0 Å². The second kappa shape index (κ2) is 4.45. The lowest BCUT2D eigenvalue weighted by Gasteiger charge is -2.11. The van der Waals surface area contributed by atoms with Crippen LogP contribution in [0.15, 0.2) is 48.6 Å². The summed E-state index contributed by atoms with van der Waals surface area (Å²) in [5, 5.41) is 1.15. The van der Waals surface area contributed by atoms with Gasteiger partial charge >= 0.3 is 0 Å². The molecule has 2 aromatic rings. The molecule has 1 heterocycles. The molecule has 0 aliphatic carbocycles. The fourth-order valence-electron chi connectivity index (χ4n) is 1.77. The molecule has 0 aliphatic heterocycles. The number of benzene rings is 1. The van der Waals surface area contributed by atoms with Gasteiger partial charge in [0.15, 0.2) is 0 Å². The van der Waals surface area contributed by atoms with Gasteiger partial charge in [-0.2, -0.15) is 0 Å². The Balaban J connectivity index is 2.35. The lowest BCUT2D eigenvalue weighted by Crippen LogP contribution is -2.12. The predicted octanol–water partition coefficient (Wildman–Crippen LogP) is 3.20. The highest BCUT2D eigenvalue weighted by Gasteiger charge is 2.07. The van der Waals surface area contributed by atoms with Crippen LogP contribution in [0.4, 0.5) is 0 Å². The van der Waals surface area contributed by atoms with Gasteiger partial charge in [-0.1, -0.05) is 29.8 Å². The molecule has 2 heteroatoms. The Morgan fingerprint density at radius 2 is 2.06 bits per heavy atom. The summed E-state index contributed by atoms with van der Waals surface area (Å²) >= 11 is 0. The Morgan fingerprint density at radius 3 is 2.81 bits per heavy atom. The first-order valence-electron chi connectivity index (χ1n) is 5.42. The standard InChI is InChI=1S/C14H16N2/c1-10(2)9-12(15)14-8-7-11-5-3-4-6-13(11)16-14/h3-8,12H,1,9,15H2,2H3. The summed E-state index contributed by atoms with van der Waals surface area (Å²) in [5.41, 5.74) is 9.08. The van der Waals surface area contributed by atoms with Crippen molar-refractivity contribution in [2.45, 2.75) is 19.4 Å². The molecule has 1 aromatic carbocycles. The third-order valence-corrected chi connectivity index (χ3v) is 2.57. The first-order valence-corrected chi connectivity index (χ1v) is 5.42. The molecule has 2 N–H and O–H groups in total. The Bertz CT molecular complexity index is 517. The van der Waals surface area contributed by atoms with Crippen LogP contribution < -0.4 is 5.73 Å². The molecular weight excluding hydrogens is 196 g/mol. The number of hydrogen-bond donors (Lipinski definition) is 1. The van der Waals surface area contributed by atoms with Crippen LogP contribution in [0.5, 0.6) is 0 Å². The van der Waals surface area contributed by atoms with Gasteiger partial charge in [0, 0.05) is 5.39 Å². The summed E-state index contributed by atoms with van der Waals surface area (Å²) in [4.78, 5) is 4.56. The number of nitrogens with two attached hydrogens (primary N) is 1. The number of nitrogens with zero attached hydrogens (tertiary/aromatic N) is 1. The van der Waals surface area contributed by atoms with E-state index >= 15 is 0 Å². The summed E-state index contributed by atoms with van der Waals surface area (Å²) in [5.74, 6) is 0. The van der Waals surface area contributed by atoms with Crippen molar-refractivity contribution in [2.24, 2.45) is 5.73 Å². The molecule has 0 aliphatic rings. The van der Waals surface area contributed by atoms with E-state index < -0.39 is 0 Å². The zero-order valence-corrected chi connectivity index (χ0v) is 9.48. The second-order valence-electron chi connectivity index (χ2n) is 4.20. The average molecular weight is 212 g/mol. The van der Waals surface area contributed by atoms with Crippen LogP contribution in [0.2, 0.25) is 0 Å². The Kier molecular flexibility index (Phi) is 3.02. The summed E-state index contributed by atoms with van der Waals surface area (Å²) in [6.45, 7) is 5.86. The van der Waals surface area contributed by atoms with Crippen molar-refractivity contribution in [1.29, 1.82) is 0 Å². The van der Waals surface area contributed by atoms with Gasteiger partial charge in [0.2, 0.25) is 0 Å². The zero-order valence-electron chi connectivity index (χ0n) is 9.48. The molecule has 0 fully saturated rings. The van der Waals surface area contributed by atoms with E-state index in [-0.39, 0.29) is 6.04 Å². The molecule has 0 radical (unpaired) electrons. The topological polar surface area (TPSA) is 38.9 Å². The van der Waals surface area contributed by atoms with Crippen molar-refractivity contribution in [1.82, 2.24) is 4.98 Å². The van der Waals surface area contributed by atoms with E-state index in [1.165, 1.54) is 0 Å². The maximum atomic E-state index is 6.06. The highest BCUT2D eigenvalue weighted by Crippen LogP contribution is 2.19. The van der Waals surface area contributed by atoms with Crippen LogP contribution in [0.3, 0.4) is 0 Å². The number of hydrogen-bond acceptors (Lipinski definition) is 2. The average Bonchev–Trinajstić information content (AvgIpc) is 2.27. The predicted molar refractivity (Wildman–Crippen MR) is 68.1 cm³/mol. The van der Waals surface area contributed by atoms with Gasteiger partial charge in [0.1, 0.15) is 0 Å². The fourth-order valence-corrected chi connectivity index (χ4v) is 1.77. The highest BCUT2D eigenvalue weighted by molar-refractivity contribution is 5.78. The Hall–Kier alpha value is -1.67. The molecule has 82 valence electrons. The summed E-state index contributed by atoms with van der Waals surface area (Å²) < 4.78 is 0. The van der Waals surface area contributed by atoms with Crippen LogP contribution in [0, 0.1) is 0 Å². The first-order chi connectivity index (χ1) is 7.66. The van der Waals surface area contributed by atoms with E-state index in [0.717, 1.165) is 28.6 Å². The van der Waals surface area contributed by atoms with E-state index in [2.05, 4.69) is 23.7 Å². The number of aromatic nitrogens is 1. The molecule has 2 nitrogen and oxygen atoms in total. The number of rotatable bonds is 3. The maximum Gasteiger partial charge on any atom is 0.0706 e. The number of pyridine rings is 1. The third kappa shape index (κ3) is 2.28. The molecule has 1 aromatic heterocycles. The minimum Gasteiger partial charge on any atom is -0.322 e. The van der Waals surface area contributed by atoms with E-state index in [1.807, 2.05) is 31.2 Å². The highest BCUT2D eigenvalue weighted by atomic mass is 14.8. The Labute approximate surface area is 95.8 Å². The molecule has 0 amide bonds. The van der Waals surface area contributed by atoms with Gasteiger partial charge in [-0.3, -0.25) is 4.98 Å². The zero-order chi connectivity index (χ0) is 11.5. The van der Waals surface area contributed by atoms with Gasteiger partial charge in [0.05, 0.1) is 17.3 Å². The SMILES string of the molecule is C=C(C)CC(N)c1ccc2ccccc2n1. The maximum absolute atomic E-state index is 6.06. The minimum atomic E-state index is -0.0536. The fraction of sp³-hybridized carbons (Fsp3) is 0.214. The second-order valence-corrected chi connectivity index (χ2v) is 4.20. The van der Waals surface area contributed by atoms with Gasteiger partial charge in [-0.25, -0.2) is 0 Å². The smallest absolute Gasteiger partial charge is 0.0706 e. The molecule has 0 bridgehead atoms. The number of fused-ring (bicyclic) bond motifs is 1. The molecule has 1 unspecified atom stereocenters. The lowest BCUT2D eigenvalue weighted by molar-refractivity contribution is 0.696.